The highest BCUT2D eigenvalue weighted by atomic mass is 35.5. The molecule has 3 aromatic heterocycles. The summed E-state index contributed by atoms with van der Waals surface area (Å²) in [6, 6.07) is 9.46. The first kappa shape index (κ1) is 21.2. The van der Waals surface area contributed by atoms with E-state index in [1.807, 2.05) is 36.5 Å². The molecule has 0 spiro atoms. The van der Waals surface area contributed by atoms with Gasteiger partial charge in [-0.15, -0.1) is 0 Å². The van der Waals surface area contributed by atoms with E-state index in [2.05, 4.69) is 25.0 Å². The lowest BCUT2D eigenvalue weighted by Gasteiger charge is -2.28. The number of rotatable bonds is 5. The number of hydrogen-bond acceptors (Lipinski definition) is 8. The van der Waals surface area contributed by atoms with Crippen molar-refractivity contribution in [1.82, 2.24) is 34.6 Å². The van der Waals surface area contributed by atoms with E-state index in [1.54, 1.807) is 17.1 Å². The summed E-state index contributed by atoms with van der Waals surface area (Å²) in [7, 11) is 1.34. The van der Waals surface area contributed by atoms with Crippen LogP contribution in [0.5, 0.6) is 0 Å². The van der Waals surface area contributed by atoms with Crippen LogP contribution in [0.15, 0.2) is 55.2 Å². The number of fused-ring (bicyclic) bond motifs is 1. The van der Waals surface area contributed by atoms with Crippen LogP contribution in [0.3, 0.4) is 0 Å². The lowest BCUT2D eigenvalue weighted by Crippen LogP contribution is -2.31. The first-order valence-electron chi connectivity index (χ1n) is 10.4. The molecule has 0 aliphatic carbocycles. The molecule has 0 saturated carbocycles. The van der Waals surface area contributed by atoms with E-state index < -0.39 is 5.97 Å². The van der Waals surface area contributed by atoms with Crippen molar-refractivity contribution in [2.75, 3.05) is 13.7 Å². The molecule has 0 unspecified atom stereocenters. The third-order valence-corrected chi connectivity index (χ3v) is 5.90. The molecule has 0 amide bonds. The Morgan fingerprint density at radius 1 is 1.15 bits per heavy atom. The van der Waals surface area contributed by atoms with Crippen molar-refractivity contribution in [2.24, 2.45) is 0 Å². The van der Waals surface area contributed by atoms with E-state index in [9.17, 15) is 4.79 Å². The van der Waals surface area contributed by atoms with Crippen LogP contribution >= 0.6 is 11.6 Å². The minimum Gasteiger partial charge on any atom is -0.464 e. The number of hydrogen-bond donors (Lipinski definition) is 0. The van der Waals surface area contributed by atoms with Crippen LogP contribution in [0.25, 0.3) is 17.1 Å². The van der Waals surface area contributed by atoms with Gasteiger partial charge in [0.1, 0.15) is 11.5 Å². The van der Waals surface area contributed by atoms with Gasteiger partial charge in [-0.2, -0.15) is 5.10 Å². The molecule has 0 atom stereocenters. The number of nitrogens with zero attached hydrogens (tertiary/aromatic N) is 7. The average Bonchev–Trinajstić information content (AvgIpc) is 3.20. The van der Waals surface area contributed by atoms with Gasteiger partial charge in [-0.1, -0.05) is 29.8 Å². The molecule has 5 rings (SSSR count). The molecule has 9 nitrogen and oxygen atoms in total. The highest BCUT2D eigenvalue weighted by molar-refractivity contribution is 6.31. The van der Waals surface area contributed by atoms with Crippen molar-refractivity contribution in [3.8, 4) is 17.1 Å². The molecular weight excluding hydrogens is 442 g/mol. The summed E-state index contributed by atoms with van der Waals surface area (Å²) in [5.41, 5.74) is 4.44. The molecule has 33 heavy (non-hydrogen) atoms. The number of para-hydroxylation sites is 1. The molecule has 0 saturated heterocycles. The Labute approximate surface area is 195 Å². The molecule has 1 aromatic carbocycles. The minimum absolute atomic E-state index is 0.216. The first-order valence-corrected chi connectivity index (χ1v) is 10.8. The highest BCUT2D eigenvalue weighted by Crippen LogP contribution is 2.28. The number of aromatic nitrogens is 6. The Kier molecular flexibility index (Phi) is 5.80. The van der Waals surface area contributed by atoms with Crippen molar-refractivity contribution < 1.29 is 9.53 Å². The van der Waals surface area contributed by atoms with Crippen LogP contribution in [0.1, 0.15) is 27.3 Å². The topological polar surface area (TPSA) is 98.9 Å². The van der Waals surface area contributed by atoms with E-state index in [0.29, 0.717) is 29.6 Å². The van der Waals surface area contributed by atoms with Gasteiger partial charge >= 0.3 is 5.97 Å². The van der Waals surface area contributed by atoms with Crippen LogP contribution in [-0.2, 0) is 24.2 Å². The smallest absolute Gasteiger partial charge is 0.358 e. The predicted octanol–water partition coefficient (Wildman–Crippen LogP) is 3.12. The molecule has 1 aliphatic heterocycles. The second kappa shape index (κ2) is 9.05. The van der Waals surface area contributed by atoms with Gasteiger partial charge in [-0.3, -0.25) is 4.90 Å². The number of methoxy groups -OCH3 is 1. The normalized spacial score (nSPS) is 13.5. The van der Waals surface area contributed by atoms with Crippen molar-refractivity contribution >= 4 is 17.6 Å². The Morgan fingerprint density at radius 2 is 1.94 bits per heavy atom. The Bertz CT molecular complexity index is 1300. The monoisotopic (exact) mass is 461 g/mol. The number of carbonyl (C=O) groups excluding carboxylic acids is 1. The standard InChI is InChI=1S/C23H20ClN7O2/c1-33-23(32)20-18(21(24)31(29-20)17-5-3-2-4-6-17)13-30-8-7-19-16(12-30)11-27-22(28-19)15-9-25-14-26-10-15/h2-6,9-11,14H,7-8,12-13H2,1H3. The second-order valence-electron chi connectivity index (χ2n) is 7.61. The molecule has 10 heteroatoms. The molecule has 0 N–H and O–H groups in total. The summed E-state index contributed by atoms with van der Waals surface area (Å²) in [5.74, 6) is 0.0972. The SMILES string of the molecule is COC(=O)c1nn(-c2ccccc2)c(Cl)c1CN1CCc2nc(-c3cncnc3)ncc2C1. The van der Waals surface area contributed by atoms with Crippen molar-refractivity contribution in [3.05, 3.63) is 82.9 Å². The molecule has 0 radical (unpaired) electrons. The van der Waals surface area contributed by atoms with E-state index in [-0.39, 0.29) is 5.69 Å². The highest BCUT2D eigenvalue weighted by Gasteiger charge is 2.27. The zero-order valence-corrected chi connectivity index (χ0v) is 18.6. The fourth-order valence-electron chi connectivity index (χ4n) is 3.86. The molecule has 0 fully saturated rings. The zero-order valence-electron chi connectivity index (χ0n) is 17.8. The van der Waals surface area contributed by atoms with E-state index in [0.717, 1.165) is 35.5 Å². The third-order valence-electron chi connectivity index (χ3n) is 5.51. The fourth-order valence-corrected chi connectivity index (χ4v) is 4.14. The van der Waals surface area contributed by atoms with Gasteiger partial charge in [-0.25, -0.2) is 29.4 Å². The Morgan fingerprint density at radius 3 is 2.70 bits per heavy atom. The summed E-state index contributed by atoms with van der Waals surface area (Å²) in [6.07, 6.45) is 7.46. The predicted molar refractivity (Wildman–Crippen MR) is 121 cm³/mol. The van der Waals surface area contributed by atoms with Gasteiger partial charge in [0, 0.05) is 55.8 Å². The lowest BCUT2D eigenvalue weighted by atomic mass is 10.1. The number of benzene rings is 1. The van der Waals surface area contributed by atoms with Crippen LogP contribution in [0, 0.1) is 0 Å². The van der Waals surface area contributed by atoms with Crippen molar-refractivity contribution in [2.45, 2.75) is 19.5 Å². The van der Waals surface area contributed by atoms with Crippen molar-refractivity contribution in [1.29, 1.82) is 0 Å². The molecule has 4 aromatic rings. The third kappa shape index (κ3) is 4.20. The quantitative estimate of drug-likeness (QED) is 0.418. The van der Waals surface area contributed by atoms with Crippen LogP contribution in [0.4, 0.5) is 0 Å². The van der Waals surface area contributed by atoms with Gasteiger partial charge in [0.2, 0.25) is 0 Å². The molecular formula is C23H20ClN7O2. The van der Waals surface area contributed by atoms with Gasteiger partial charge < -0.3 is 4.74 Å². The molecule has 4 heterocycles. The maximum Gasteiger partial charge on any atom is 0.358 e. The van der Waals surface area contributed by atoms with E-state index in [1.165, 1.54) is 13.4 Å². The number of carbonyl (C=O) groups is 1. The Balaban J connectivity index is 1.41. The van der Waals surface area contributed by atoms with Crippen molar-refractivity contribution in [3.63, 3.8) is 0 Å². The maximum absolute atomic E-state index is 12.4. The molecule has 1 aliphatic rings. The number of halogens is 1. The lowest BCUT2D eigenvalue weighted by molar-refractivity contribution is 0.0591. The first-order chi connectivity index (χ1) is 16.1. The summed E-state index contributed by atoms with van der Waals surface area (Å²) in [6.45, 7) is 1.83. The Hall–Kier alpha value is -3.69. The maximum atomic E-state index is 12.4. The van der Waals surface area contributed by atoms with Crippen LogP contribution in [-0.4, -0.2) is 54.2 Å². The molecule has 166 valence electrons. The largest absolute Gasteiger partial charge is 0.464 e. The second-order valence-corrected chi connectivity index (χ2v) is 7.97. The van der Waals surface area contributed by atoms with Crippen LogP contribution < -0.4 is 0 Å². The summed E-state index contributed by atoms with van der Waals surface area (Å²) in [4.78, 5) is 31.9. The fraction of sp³-hybridized carbons (Fsp3) is 0.217. The van der Waals surface area contributed by atoms with Gasteiger partial charge in [0.25, 0.3) is 0 Å². The van der Waals surface area contributed by atoms with Gasteiger partial charge in [-0.05, 0) is 12.1 Å². The minimum atomic E-state index is -0.517. The van der Waals surface area contributed by atoms with Crippen LogP contribution in [0.2, 0.25) is 5.15 Å². The summed E-state index contributed by atoms with van der Waals surface area (Å²) in [5, 5.41) is 4.84. The van der Waals surface area contributed by atoms with E-state index in [4.69, 9.17) is 21.3 Å². The zero-order chi connectivity index (χ0) is 22.8. The molecule has 0 bridgehead atoms. The number of ether oxygens (including phenoxy) is 1. The summed E-state index contributed by atoms with van der Waals surface area (Å²) >= 11 is 6.70. The van der Waals surface area contributed by atoms with Gasteiger partial charge in [0.15, 0.2) is 11.5 Å². The number of esters is 1. The van der Waals surface area contributed by atoms with Gasteiger partial charge in [0.05, 0.1) is 24.1 Å². The summed E-state index contributed by atoms with van der Waals surface area (Å²) < 4.78 is 6.53. The average molecular weight is 462 g/mol. The van der Waals surface area contributed by atoms with E-state index >= 15 is 0 Å².